The van der Waals surface area contributed by atoms with Gasteiger partial charge >= 0.3 is 0 Å². The van der Waals surface area contributed by atoms with Crippen LogP contribution in [-0.2, 0) is 6.61 Å². The molecule has 0 unspecified atom stereocenters. The van der Waals surface area contributed by atoms with Gasteiger partial charge in [0.2, 0.25) is 0 Å². The van der Waals surface area contributed by atoms with Crippen LogP contribution < -0.4 is 9.47 Å². The van der Waals surface area contributed by atoms with Crippen molar-refractivity contribution in [3.05, 3.63) is 39.3 Å². The molecule has 2 aromatic rings. The van der Waals surface area contributed by atoms with Crippen molar-refractivity contribution >= 4 is 28.8 Å². The molecule has 0 atom stereocenters. The highest BCUT2D eigenvalue weighted by Crippen LogP contribution is 2.33. The first-order valence-electron chi connectivity index (χ1n) is 6.14. The van der Waals surface area contributed by atoms with E-state index in [1.807, 2.05) is 0 Å². The Morgan fingerprint density at radius 2 is 2.19 bits per heavy atom. The SMILES string of the molecule is COc1cccc(C(=O)N(C)C)c1OCc1cnc(Cl)s1. The molecule has 0 radical (unpaired) electrons. The summed E-state index contributed by atoms with van der Waals surface area (Å²) in [6, 6.07) is 5.22. The Morgan fingerprint density at radius 3 is 2.76 bits per heavy atom. The summed E-state index contributed by atoms with van der Waals surface area (Å²) in [5.41, 5.74) is 0.454. The zero-order valence-electron chi connectivity index (χ0n) is 11.9. The van der Waals surface area contributed by atoms with E-state index in [0.717, 1.165) is 4.88 Å². The monoisotopic (exact) mass is 326 g/mol. The molecule has 1 amide bonds. The molecule has 0 aliphatic carbocycles. The van der Waals surface area contributed by atoms with E-state index in [1.165, 1.54) is 23.3 Å². The number of ether oxygens (including phenoxy) is 2. The summed E-state index contributed by atoms with van der Waals surface area (Å²) in [6.07, 6.45) is 1.65. The van der Waals surface area contributed by atoms with Crippen LogP contribution in [0.25, 0.3) is 0 Å². The van der Waals surface area contributed by atoms with Gasteiger partial charge in [-0.1, -0.05) is 17.7 Å². The van der Waals surface area contributed by atoms with Crippen LogP contribution in [-0.4, -0.2) is 37.0 Å². The van der Waals surface area contributed by atoms with Crippen molar-refractivity contribution in [2.24, 2.45) is 0 Å². The molecular weight excluding hydrogens is 312 g/mol. The van der Waals surface area contributed by atoms with Crippen LogP contribution in [0.4, 0.5) is 0 Å². The number of aromatic nitrogens is 1. The van der Waals surface area contributed by atoms with Gasteiger partial charge < -0.3 is 14.4 Å². The van der Waals surface area contributed by atoms with Gasteiger partial charge in [0.1, 0.15) is 6.61 Å². The highest BCUT2D eigenvalue weighted by atomic mass is 35.5. The number of halogens is 1. The Hall–Kier alpha value is -1.79. The smallest absolute Gasteiger partial charge is 0.257 e. The normalized spacial score (nSPS) is 10.3. The van der Waals surface area contributed by atoms with E-state index in [4.69, 9.17) is 21.1 Å². The third-order valence-electron chi connectivity index (χ3n) is 2.72. The Bertz CT molecular complexity index is 643. The predicted molar refractivity (Wildman–Crippen MR) is 82.5 cm³/mol. The number of thiazole rings is 1. The quantitative estimate of drug-likeness (QED) is 0.847. The highest BCUT2D eigenvalue weighted by Gasteiger charge is 2.18. The Morgan fingerprint density at radius 1 is 1.43 bits per heavy atom. The van der Waals surface area contributed by atoms with Crippen LogP contribution in [0.15, 0.2) is 24.4 Å². The van der Waals surface area contributed by atoms with E-state index in [9.17, 15) is 4.79 Å². The Balaban J connectivity index is 2.29. The molecule has 1 heterocycles. The highest BCUT2D eigenvalue weighted by molar-refractivity contribution is 7.15. The molecule has 0 N–H and O–H groups in total. The summed E-state index contributed by atoms with van der Waals surface area (Å²) in [7, 11) is 4.92. The molecular formula is C14H15ClN2O3S. The van der Waals surface area contributed by atoms with Crippen molar-refractivity contribution in [3.63, 3.8) is 0 Å². The van der Waals surface area contributed by atoms with Crippen molar-refractivity contribution in [1.29, 1.82) is 0 Å². The maximum Gasteiger partial charge on any atom is 0.257 e. The van der Waals surface area contributed by atoms with E-state index in [0.29, 0.717) is 21.5 Å². The lowest BCUT2D eigenvalue weighted by Crippen LogP contribution is -2.22. The zero-order valence-corrected chi connectivity index (χ0v) is 13.5. The molecule has 7 heteroatoms. The summed E-state index contributed by atoms with van der Waals surface area (Å²) >= 11 is 7.12. The van der Waals surface area contributed by atoms with Crippen molar-refractivity contribution in [2.45, 2.75) is 6.61 Å². The first kappa shape index (κ1) is 15.6. The molecule has 0 saturated carbocycles. The molecule has 0 fully saturated rings. The predicted octanol–water partition coefficient (Wildman–Crippen LogP) is 3.09. The van der Waals surface area contributed by atoms with Crippen molar-refractivity contribution in [1.82, 2.24) is 9.88 Å². The molecule has 0 spiro atoms. The summed E-state index contributed by atoms with van der Waals surface area (Å²) in [5.74, 6) is 0.785. The number of methoxy groups -OCH3 is 1. The van der Waals surface area contributed by atoms with Crippen LogP contribution in [0.5, 0.6) is 11.5 Å². The van der Waals surface area contributed by atoms with Crippen LogP contribution in [0.3, 0.4) is 0 Å². The van der Waals surface area contributed by atoms with Gasteiger partial charge in [-0.3, -0.25) is 4.79 Å². The molecule has 0 saturated heterocycles. The first-order valence-corrected chi connectivity index (χ1v) is 7.34. The minimum atomic E-state index is -0.147. The molecule has 0 aliphatic rings. The average molecular weight is 327 g/mol. The van der Waals surface area contributed by atoms with Gasteiger partial charge in [-0.05, 0) is 12.1 Å². The third kappa shape index (κ3) is 3.65. The van der Waals surface area contributed by atoms with Gasteiger partial charge in [0.25, 0.3) is 5.91 Å². The molecule has 1 aromatic carbocycles. The van der Waals surface area contributed by atoms with E-state index in [2.05, 4.69) is 4.98 Å². The van der Waals surface area contributed by atoms with Crippen LogP contribution in [0.2, 0.25) is 4.47 Å². The topological polar surface area (TPSA) is 51.7 Å². The van der Waals surface area contributed by atoms with E-state index in [-0.39, 0.29) is 12.5 Å². The summed E-state index contributed by atoms with van der Waals surface area (Å²) in [4.78, 5) is 18.5. The second-order valence-electron chi connectivity index (χ2n) is 4.40. The fourth-order valence-electron chi connectivity index (χ4n) is 1.73. The van der Waals surface area contributed by atoms with Crippen molar-refractivity contribution in [2.75, 3.05) is 21.2 Å². The average Bonchev–Trinajstić information content (AvgIpc) is 2.89. The van der Waals surface area contributed by atoms with Gasteiger partial charge in [0, 0.05) is 20.3 Å². The Labute approximate surface area is 132 Å². The van der Waals surface area contributed by atoms with Gasteiger partial charge in [-0.15, -0.1) is 11.3 Å². The maximum absolute atomic E-state index is 12.2. The first-order chi connectivity index (χ1) is 10.0. The second kappa shape index (κ2) is 6.78. The van der Waals surface area contributed by atoms with Gasteiger partial charge in [-0.2, -0.15) is 0 Å². The van der Waals surface area contributed by atoms with Crippen LogP contribution >= 0.6 is 22.9 Å². The fourth-order valence-corrected chi connectivity index (χ4v) is 2.62. The van der Waals surface area contributed by atoms with Crippen molar-refractivity contribution in [3.8, 4) is 11.5 Å². The molecule has 112 valence electrons. The van der Waals surface area contributed by atoms with Gasteiger partial charge in [-0.25, -0.2) is 4.98 Å². The maximum atomic E-state index is 12.2. The molecule has 5 nitrogen and oxygen atoms in total. The van der Waals surface area contributed by atoms with Crippen LogP contribution in [0, 0.1) is 0 Å². The number of amides is 1. The summed E-state index contributed by atoms with van der Waals surface area (Å²) < 4.78 is 11.5. The van der Waals surface area contributed by atoms with Crippen LogP contribution in [0.1, 0.15) is 15.2 Å². The number of carbonyl (C=O) groups excluding carboxylic acids is 1. The Kier molecular flexibility index (Phi) is 5.03. The largest absolute Gasteiger partial charge is 0.493 e. The summed E-state index contributed by atoms with van der Waals surface area (Å²) in [5, 5.41) is 0. The number of para-hydroxylation sites is 1. The molecule has 21 heavy (non-hydrogen) atoms. The summed E-state index contributed by atoms with van der Waals surface area (Å²) in [6.45, 7) is 0.276. The standard InChI is InChI=1S/C14H15ClN2O3S/c1-17(2)13(18)10-5-4-6-11(19-3)12(10)20-8-9-7-16-14(15)21-9/h4-7H,8H2,1-3H3. The number of hydrogen-bond donors (Lipinski definition) is 0. The minimum absolute atomic E-state index is 0.147. The molecule has 0 bridgehead atoms. The lowest BCUT2D eigenvalue weighted by Gasteiger charge is -2.16. The number of carbonyl (C=O) groups is 1. The number of rotatable bonds is 5. The second-order valence-corrected chi connectivity index (χ2v) is 6.10. The molecule has 0 aliphatic heterocycles. The van der Waals surface area contributed by atoms with Gasteiger partial charge in [0.15, 0.2) is 16.0 Å². The molecule has 1 aromatic heterocycles. The third-order valence-corrected chi connectivity index (χ3v) is 3.81. The number of benzene rings is 1. The minimum Gasteiger partial charge on any atom is -0.493 e. The van der Waals surface area contributed by atoms with Crippen molar-refractivity contribution < 1.29 is 14.3 Å². The zero-order chi connectivity index (χ0) is 15.4. The van der Waals surface area contributed by atoms with E-state index in [1.54, 1.807) is 38.5 Å². The van der Waals surface area contributed by atoms with E-state index >= 15 is 0 Å². The fraction of sp³-hybridized carbons (Fsp3) is 0.286. The number of nitrogens with zero attached hydrogens (tertiary/aromatic N) is 2. The molecule has 2 rings (SSSR count). The lowest BCUT2D eigenvalue weighted by molar-refractivity contribution is 0.0822. The number of hydrogen-bond acceptors (Lipinski definition) is 5. The lowest BCUT2D eigenvalue weighted by atomic mass is 10.1. The van der Waals surface area contributed by atoms with Gasteiger partial charge in [0.05, 0.1) is 17.6 Å². The van der Waals surface area contributed by atoms with E-state index < -0.39 is 0 Å².